The molecule has 0 saturated heterocycles. The molecule has 1 aromatic carbocycles. The number of carboxylic acid groups (broad SMARTS) is 1. The molecule has 1 aliphatic heterocycles. The van der Waals surface area contributed by atoms with Crippen molar-refractivity contribution in [1.82, 2.24) is 10.2 Å². The van der Waals surface area contributed by atoms with Crippen LogP contribution in [-0.4, -0.2) is 28.6 Å². The van der Waals surface area contributed by atoms with Crippen LogP contribution < -0.4 is 5.32 Å². The van der Waals surface area contributed by atoms with E-state index in [0.717, 1.165) is 48.8 Å². The molecule has 0 bridgehead atoms. The van der Waals surface area contributed by atoms with Gasteiger partial charge in [-0.25, -0.2) is 4.79 Å². The minimum atomic E-state index is -0.955. The maximum Gasteiger partial charge on any atom is 0.323 e. The highest BCUT2D eigenvalue weighted by Crippen LogP contribution is 2.50. The second-order valence-corrected chi connectivity index (χ2v) is 10.7. The van der Waals surface area contributed by atoms with Gasteiger partial charge in [-0.1, -0.05) is 43.7 Å². The van der Waals surface area contributed by atoms with Gasteiger partial charge < -0.3 is 15.3 Å². The first-order valence-corrected chi connectivity index (χ1v) is 11.7. The van der Waals surface area contributed by atoms with Gasteiger partial charge in [0, 0.05) is 17.8 Å². The van der Waals surface area contributed by atoms with Crippen molar-refractivity contribution in [3.8, 4) is 0 Å². The Hall–Kier alpha value is -1.92. The topological polar surface area (TPSA) is 69.6 Å². The largest absolute Gasteiger partial charge is 0.481 e. The molecule has 0 unspecified atom stereocenters. The van der Waals surface area contributed by atoms with Gasteiger partial charge >= 0.3 is 12.0 Å². The molecule has 0 spiro atoms. The van der Waals surface area contributed by atoms with Crippen LogP contribution in [0.2, 0.25) is 5.02 Å². The number of amides is 2. The van der Waals surface area contributed by atoms with Crippen molar-refractivity contribution in [2.75, 3.05) is 6.54 Å². The Kier molecular flexibility index (Phi) is 5.90. The second kappa shape index (κ2) is 8.21. The fourth-order valence-electron chi connectivity index (χ4n) is 4.36. The van der Waals surface area contributed by atoms with E-state index in [2.05, 4.69) is 25.2 Å². The van der Waals surface area contributed by atoms with Gasteiger partial charge in [-0.05, 0) is 71.8 Å². The lowest BCUT2D eigenvalue weighted by atomic mass is 9.77. The molecule has 2 N–H and O–H groups in total. The summed E-state index contributed by atoms with van der Waals surface area (Å²) in [5, 5.41) is 12.6. The number of thiol groups is 1. The van der Waals surface area contributed by atoms with Crippen molar-refractivity contribution in [3.05, 3.63) is 52.2 Å². The summed E-state index contributed by atoms with van der Waals surface area (Å²) in [5.41, 5.74) is 4.46. The predicted octanol–water partition coefficient (Wildman–Crippen LogP) is 5.81. The molecule has 1 aromatic rings. The molecule has 0 aromatic heterocycles. The number of nitrogens with zero attached hydrogens (tertiary/aromatic N) is 1. The lowest BCUT2D eigenvalue weighted by Gasteiger charge is -2.40. The van der Waals surface area contributed by atoms with Crippen LogP contribution in [0.5, 0.6) is 0 Å². The van der Waals surface area contributed by atoms with Crippen LogP contribution in [0, 0.1) is 11.3 Å². The first-order valence-electron chi connectivity index (χ1n) is 10.8. The molecule has 2 aliphatic carbocycles. The van der Waals surface area contributed by atoms with E-state index < -0.39 is 10.8 Å². The van der Waals surface area contributed by atoms with Crippen molar-refractivity contribution >= 4 is 41.8 Å². The Morgan fingerprint density at radius 3 is 2.68 bits per heavy atom. The Morgan fingerprint density at radius 2 is 2.10 bits per heavy atom. The quantitative estimate of drug-likeness (QED) is 0.469. The van der Waals surface area contributed by atoms with Crippen LogP contribution in [0.3, 0.4) is 0 Å². The molecule has 1 heterocycles. The Labute approximate surface area is 193 Å². The first-order chi connectivity index (χ1) is 14.6. The third-order valence-electron chi connectivity index (χ3n) is 6.55. The van der Waals surface area contributed by atoms with Gasteiger partial charge in [-0.2, -0.15) is 0 Å². The molecule has 166 valence electrons. The average molecular weight is 461 g/mol. The molecule has 7 heteroatoms. The van der Waals surface area contributed by atoms with E-state index in [-0.39, 0.29) is 19.0 Å². The molecule has 3 aliphatic rings. The zero-order valence-electron chi connectivity index (χ0n) is 17.9. The molecule has 1 saturated carbocycles. The van der Waals surface area contributed by atoms with Crippen LogP contribution in [0.1, 0.15) is 63.5 Å². The molecule has 2 amide bonds. The Morgan fingerprint density at radius 1 is 1.35 bits per heavy atom. The predicted molar refractivity (Wildman–Crippen MR) is 126 cm³/mol. The van der Waals surface area contributed by atoms with Gasteiger partial charge in [0.25, 0.3) is 0 Å². The number of benzene rings is 1. The summed E-state index contributed by atoms with van der Waals surface area (Å²) in [6.07, 6.45) is 9.21. The minimum Gasteiger partial charge on any atom is -0.481 e. The number of halogens is 1. The monoisotopic (exact) mass is 460 g/mol. The van der Waals surface area contributed by atoms with Gasteiger partial charge in [0.05, 0.1) is 6.42 Å². The number of carbonyl (C=O) groups is 2. The first kappa shape index (κ1) is 22.3. The van der Waals surface area contributed by atoms with E-state index in [9.17, 15) is 9.59 Å². The second-order valence-electron chi connectivity index (χ2n) is 9.63. The van der Waals surface area contributed by atoms with Crippen molar-refractivity contribution in [2.45, 2.75) is 57.2 Å². The van der Waals surface area contributed by atoms with Gasteiger partial charge in [0.15, 0.2) is 0 Å². The van der Waals surface area contributed by atoms with Crippen LogP contribution in [-0.2, 0) is 9.67 Å². The number of hydrogen-bond donors (Lipinski definition) is 3. The third-order valence-corrected chi connectivity index (χ3v) is 7.49. The number of rotatable bonds is 6. The van der Waals surface area contributed by atoms with Crippen molar-refractivity contribution < 1.29 is 14.7 Å². The van der Waals surface area contributed by atoms with Crippen LogP contribution in [0.4, 0.5) is 4.79 Å². The molecular formula is C24H29ClN2O3S. The number of hydrogen-bond acceptors (Lipinski definition) is 3. The molecule has 0 radical (unpaired) electrons. The summed E-state index contributed by atoms with van der Waals surface area (Å²) in [7, 11) is 0. The number of aliphatic carboxylic acids is 1. The van der Waals surface area contributed by atoms with Crippen molar-refractivity contribution in [3.63, 3.8) is 0 Å². The zero-order chi connectivity index (χ0) is 22.4. The number of allylic oxidation sites excluding steroid dienone is 2. The number of carbonyl (C=O) groups excluding carboxylic acids is 1. The Balaban J connectivity index is 1.64. The highest BCUT2D eigenvalue weighted by Gasteiger charge is 2.46. The van der Waals surface area contributed by atoms with Crippen LogP contribution >= 0.6 is 24.2 Å². The molecular weight excluding hydrogens is 432 g/mol. The fourth-order valence-corrected chi connectivity index (χ4v) is 5.13. The molecule has 1 atom stereocenters. The van der Waals surface area contributed by atoms with E-state index >= 15 is 0 Å². The van der Waals surface area contributed by atoms with E-state index in [1.165, 1.54) is 10.5 Å². The maximum atomic E-state index is 12.7. The number of nitrogens with one attached hydrogen (secondary N) is 1. The smallest absolute Gasteiger partial charge is 0.323 e. The summed E-state index contributed by atoms with van der Waals surface area (Å²) in [6.45, 7) is 4.70. The van der Waals surface area contributed by atoms with E-state index in [0.29, 0.717) is 16.4 Å². The summed E-state index contributed by atoms with van der Waals surface area (Å²) in [4.78, 5) is 24.2. The molecule has 4 rings (SSSR count). The van der Waals surface area contributed by atoms with Gasteiger partial charge in [0.2, 0.25) is 0 Å². The van der Waals surface area contributed by atoms with E-state index in [1.807, 2.05) is 18.2 Å². The number of urea groups is 1. The lowest BCUT2D eigenvalue weighted by molar-refractivity contribution is -0.137. The molecule has 1 fully saturated rings. The van der Waals surface area contributed by atoms with E-state index in [4.69, 9.17) is 29.3 Å². The van der Waals surface area contributed by atoms with Gasteiger partial charge in [0.1, 0.15) is 4.87 Å². The molecule has 5 nitrogen and oxygen atoms in total. The average Bonchev–Trinajstić information content (AvgIpc) is 3.52. The minimum absolute atomic E-state index is 0.103. The Bertz CT molecular complexity index is 983. The van der Waals surface area contributed by atoms with Crippen LogP contribution in [0.15, 0.2) is 36.0 Å². The van der Waals surface area contributed by atoms with Gasteiger partial charge in [-0.3, -0.25) is 4.79 Å². The SMILES string of the molecule is CC1(C)CC=C(c2ccc([C@]3(S)NC(=O)N(CCC(=O)O)C=C3C3CC3)cc2Cl)CC1. The van der Waals surface area contributed by atoms with Crippen molar-refractivity contribution in [2.24, 2.45) is 11.3 Å². The van der Waals surface area contributed by atoms with E-state index in [1.54, 1.807) is 6.20 Å². The fraction of sp³-hybridized carbons (Fsp3) is 0.500. The maximum absolute atomic E-state index is 12.7. The lowest BCUT2D eigenvalue weighted by Crippen LogP contribution is -2.53. The standard InChI is InChI=1S/C24H29ClN2O3S/c1-23(2)10-7-15(8-11-23)18-6-5-17(13-20(18)25)24(31)19(16-3-4-16)14-27(22(30)26-24)12-9-21(28)29/h5-7,13-14,16,31H,3-4,8-12H2,1-2H3,(H,26,30)(H,28,29)/t24-/m1/s1. The van der Waals surface area contributed by atoms with Gasteiger partial charge in [-0.15, -0.1) is 12.6 Å². The van der Waals surface area contributed by atoms with Crippen molar-refractivity contribution in [1.29, 1.82) is 0 Å². The summed E-state index contributed by atoms with van der Waals surface area (Å²) in [6, 6.07) is 5.59. The number of carboxylic acids is 1. The summed E-state index contributed by atoms with van der Waals surface area (Å²) < 4.78 is 0. The normalized spacial score (nSPS) is 25.5. The highest BCUT2D eigenvalue weighted by molar-refractivity contribution is 7.81. The highest BCUT2D eigenvalue weighted by atomic mass is 35.5. The summed E-state index contributed by atoms with van der Waals surface area (Å²) in [5.74, 6) is -0.605. The zero-order valence-corrected chi connectivity index (χ0v) is 19.6. The van der Waals surface area contributed by atoms with Crippen LogP contribution in [0.25, 0.3) is 5.57 Å². The molecule has 31 heavy (non-hydrogen) atoms. The summed E-state index contributed by atoms with van der Waals surface area (Å²) >= 11 is 11.7. The third kappa shape index (κ3) is 4.65.